The Morgan fingerprint density at radius 1 is 0.857 bits per heavy atom. The first kappa shape index (κ1) is 17.3. The second-order valence-corrected chi connectivity index (χ2v) is 7.41. The van der Waals surface area contributed by atoms with E-state index >= 15 is 0 Å². The van der Waals surface area contributed by atoms with Gasteiger partial charge in [0.05, 0.1) is 16.8 Å². The van der Waals surface area contributed by atoms with Crippen molar-refractivity contribution in [2.24, 2.45) is 5.92 Å². The molecule has 2 fully saturated rings. The molecular weight excluding hydrogens is 273 g/mol. The molecule has 21 heavy (non-hydrogen) atoms. The minimum atomic E-state index is -0.893. The number of hydrogen-bond donors (Lipinski definition) is 0. The first-order valence-electron chi connectivity index (χ1n) is 7.43. The third-order valence-electron chi connectivity index (χ3n) is 4.69. The molecule has 118 valence electrons. The molecule has 6 nitrogen and oxygen atoms in total. The van der Waals surface area contributed by atoms with Crippen LogP contribution in [0, 0.1) is 5.92 Å². The molecule has 0 aromatic heterocycles. The zero-order valence-electron chi connectivity index (χ0n) is 14.3. The summed E-state index contributed by atoms with van der Waals surface area (Å²) in [4.78, 5) is 0. The third-order valence-corrected chi connectivity index (χ3v) is 4.69. The molecule has 2 aliphatic heterocycles. The Morgan fingerprint density at radius 3 is 1.67 bits per heavy atom. The van der Waals surface area contributed by atoms with Gasteiger partial charge in [0, 0.05) is 0 Å². The molecule has 0 saturated carbocycles. The molecule has 2 heterocycles. The fourth-order valence-electron chi connectivity index (χ4n) is 1.68. The normalized spacial score (nSPS) is 25.3. The van der Waals surface area contributed by atoms with Crippen molar-refractivity contribution in [3.8, 4) is 0 Å². The zero-order chi connectivity index (χ0) is 16.1. The molecule has 0 radical (unpaired) electrons. The summed E-state index contributed by atoms with van der Waals surface area (Å²) in [6.07, 6.45) is 0. The van der Waals surface area contributed by atoms with E-state index in [1.54, 1.807) is 0 Å². The minimum absolute atomic E-state index is 0.296. The number of fused-ring (bicyclic) bond motifs is 2. The van der Waals surface area contributed by atoms with Gasteiger partial charge in [-0.15, -0.1) is 0 Å². The number of rotatable bonds is 3. The first-order valence-corrected chi connectivity index (χ1v) is 7.43. The van der Waals surface area contributed by atoms with Crippen LogP contribution in [0.3, 0.4) is 0 Å². The molecule has 2 rings (SSSR count). The van der Waals surface area contributed by atoms with E-state index in [4.69, 9.17) is 27.7 Å². The minimum Gasteiger partial charge on any atom is -0.400 e. The second-order valence-electron chi connectivity index (χ2n) is 7.41. The van der Waals surface area contributed by atoms with Crippen LogP contribution in [0.2, 0.25) is 0 Å². The standard InChI is InChI=1S/C12H25B3O6/c1-9(2)10(3,4)16-13-19-14-17-11(5,6)12(7,8)18-15(20-13)21-14/h9H,1-8H3. The molecule has 0 unspecified atom stereocenters. The lowest BCUT2D eigenvalue weighted by molar-refractivity contribution is -0.0792. The maximum atomic E-state index is 5.88. The average Bonchev–Trinajstić information content (AvgIpc) is 2.30. The van der Waals surface area contributed by atoms with Gasteiger partial charge in [0.2, 0.25) is 0 Å². The quantitative estimate of drug-likeness (QED) is 0.743. The van der Waals surface area contributed by atoms with Gasteiger partial charge in [0.1, 0.15) is 0 Å². The van der Waals surface area contributed by atoms with E-state index in [0.717, 1.165) is 0 Å². The molecule has 0 atom stereocenters. The zero-order valence-corrected chi connectivity index (χ0v) is 14.3. The van der Waals surface area contributed by atoms with Crippen LogP contribution in [0.5, 0.6) is 0 Å². The summed E-state index contributed by atoms with van der Waals surface area (Å²) in [7, 11) is -2.65. The van der Waals surface area contributed by atoms with Crippen molar-refractivity contribution in [1.29, 1.82) is 0 Å². The summed E-state index contributed by atoms with van der Waals surface area (Å²) in [6.45, 7) is 15.8. The Balaban J connectivity index is 2.10. The van der Waals surface area contributed by atoms with Crippen LogP contribution < -0.4 is 0 Å². The highest BCUT2D eigenvalue weighted by molar-refractivity contribution is 6.67. The predicted molar refractivity (Wildman–Crippen MR) is 80.8 cm³/mol. The van der Waals surface area contributed by atoms with E-state index in [1.807, 2.05) is 41.5 Å². The monoisotopic (exact) mass is 298 g/mol. The van der Waals surface area contributed by atoms with Gasteiger partial charge < -0.3 is 27.7 Å². The Morgan fingerprint density at radius 2 is 1.29 bits per heavy atom. The highest BCUT2D eigenvalue weighted by atomic mass is 16.9. The van der Waals surface area contributed by atoms with E-state index in [1.165, 1.54) is 0 Å². The molecule has 2 saturated heterocycles. The highest BCUT2D eigenvalue weighted by Crippen LogP contribution is 2.36. The van der Waals surface area contributed by atoms with Gasteiger partial charge in [-0.2, -0.15) is 0 Å². The van der Waals surface area contributed by atoms with Crippen LogP contribution in [-0.4, -0.2) is 38.8 Å². The van der Waals surface area contributed by atoms with Crippen molar-refractivity contribution >= 4 is 22.0 Å². The largest absolute Gasteiger partial charge is 0.615 e. The fraction of sp³-hybridized carbons (Fsp3) is 1.00. The summed E-state index contributed by atoms with van der Waals surface area (Å²) < 4.78 is 34.2. The summed E-state index contributed by atoms with van der Waals surface area (Å²) >= 11 is 0. The van der Waals surface area contributed by atoms with Crippen LogP contribution in [0.1, 0.15) is 55.4 Å². The van der Waals surface area contributed by atoms with Gasteiger partial charge in [-0.25, -0.2) is 0 Å². The predicted octanol–water partition coefficient (Wildman–Crippen LogP) is 2.06. The van der Waals surface area contributed by atoms with Crippen molar-refractivity contribution < 1.29 is 27.7 Å². The lowest BCUT2D eigenvalue weighted by atomic mass is 9.87. The summed E-state index contributed by atoms with van der Waals surface area (Å²) in [5.74, 6) is 0.296. The molecule has 0 N–H and O–H groups in total. The van der Waals surface area contributed by atoms with Crippen LogP contribution >= 0.6 is 0 Å². The molecule has 9 heteroatoms. The molecule has 0 spiro atoms. The molecule has 0 aromatic rings. The highest BCUT2D eigenvalue weighted by Gasteiger charge is 2.57. The Hall–Kier alpha value is -0.0452. The maximum absolute atomic E-state index is 5.88. The lowest BCUT2D eigenvalue weighted by Crippen LogP contribution is -2.54. The average molecular weight is 298 g/mol. The lowest BCUT2D eigenvalue weighted by Gasteiger charge is -2.39. The Kier molecular flexibility index (Phi) is 4.57. The van der Waals surface area contributed by atoms with Crippen molar-refractivity contribution in [1.82, 2.24) is 0 Å². The van der Waals surface area contributed by atoms with Crippen molar-refractivity contribution in [3.05, 3.63) is 0 Å². The van der Waals surface area contributed by atoms with Crippen molar-refractivity contribution in [2.75, 3.05) is 0 Å². The van der Waals surface area contributed by atoms with Crippen molar-refractivity contribution in [3.63, 3.8) is 0 Å². The van der Waals surface area contributed by atoms with Gasteiger partial charge in [-0.1, -0.05) is 13.8 Å². The summed E-state index contributed by atoms with van der Waals surface area (Å²) in [6, 6.07) is 0. The molecule has 2 bridgehead atoms. The van der Waals surface area contributed by atoms with E-state index < -0.39 is 38.8 Å². The van der Waals surface area contributed by atoms with E-state index in [-0.39, 0.29) is 0 Å². The Bertz CT molecular complexity index is 363. The molecule has 2 aliphatic rings. The van der Waals surface area contributed by atoms with Gasteiger partial charge >= 0.3 is 22.0 Å². The van der Waals surface area contributed by atoms with Gasteiger partial charge in [-0.3, -0.25) is 0 Å². The van der Waals surface area contributed by atoms with Crippen LogP contribution in [0.25, 0.3) is 0 Å². The molecular formula is C12H25B3O6. The van der Waals surface area contributed by atoms with Gasteiger partial charge in [-0.05, 0) is 47.5 Å². The van der Waals surface area contributed by atoms with E-state index in [0.29, 0.717) is 5.92 Å². The molecule has 0 aliphatic carbocycles. The summed E-state index contributed by atoms with van der Waals surface area (Å²) in [5, 5.41) is 0. The van der Waals surface area contributed by atoms with E-state index in [9.17, 15) is 0 Å². The smallest absolute Gasteiger partial charge is 0.400 e. The SMILES string of the molecule is CC(C)C(C)(C)OB1OB2OB(O1)OC(C)(C)C(C)(C)O2. The van der Waals surface area contributed by atoms with Gasteiger partial charge in [0.15, 0.2) is 0 Å². The maximum Gasteiger partial charge on any atom is 0.615 e. The van der Waals surface area contributed by atoms with Crippen LogP contribution in [0.4, 0.5) is 0 Å². The van der Waals surface area contributed by atoms with Crippen LogP contribution in [0.15, 0.2) is 0 Å². The Labute approximate surface area is 128 Å². The van der Waals surface area contributed by atoms with Crippen LogP contribution in [-0.2, 0) is 27.7 Å². The third kappa shape index (κ3) is 3.65. The topological polar surface area (TPSA) is 55.4 Å². The van der Waals surface area contributed by atoms with Gasteiger partial charge in [0.25, 0.3) is 0 Å². The molecule has 0 amide bonds. The van der Waals surface area contributed by atoms with E-state index in [2.05, 4.69) is 13.8 Å². The summed E-state index contributed by atoms with van der Waals surface area (Å²) in [5.41, 5.74) is -1.60. The first-order chi connectivity index (χ1) is 9.43. The van der Waals surface area contributed by atoms with Crippen molar-refractivity contribution in [2.45, 2.75) is 72.2 Å². The molecule has 0 aromatic carbocycles. The second kappa shape index (κ2) is 5.55. The fourth-order valence-corrected chi connectivity index (χ4v) is 1.68. The number of hydrogen-bond acceptors (Lipinski definition) is 6.